The summed E-state index contributed by atoms with van der Waals surface area (Å²) in [6.07, 6.45) is 14.1. The molecule has 0 bridgehead atoms. The standard InChI is InChI=1S/C16H31ClO2/c1-3-15(17)13-11-9-7-5-4-6-8-10-12-14-16(18)19-2/h15H,3-14H2,1-2H3. The Bertz CT molecular complexity index is 207. The summed E-state index contributed by atoms with van der Waals surface area (Å²) < 4.78 is 4.61. The minimum absolute atomic E-state index is 0.0790. The van der Waals surface area contributed by atoms with E-state index in [0.717, 1.165) is 19.3 Å². The highest BCUT2D eigenvalue weighted by Crippen LogP contribution is 2.15. The van der Waals surface area contributed by atoms with Crippen LogP contribution in [0.15, 0.2) is 0 Å². The summed E-state index contributed by atoms with van der Waals surface area (Å²) in [5, 5.41) is 0.384. The number of halogens is 1. The minimum atomic E-state index is -0.0790. The molecule has 0 aromatic rings. The Balaban J connectivity index is 3.05. The molecule has 1 atom stereocenters. The number of esters is 1. The number of alkyl halides is 1. The third kappa shape index (κ3) is 14.0. The molecule has 114 valence electrons. The number of methoxy groups -OCH3 is 1. The van der Waals surface area contributed by atoms with Gasteiger partial charge < -0.3 is 4.74 Å². The van der Waals surface area contributed by atoms with Gasteiger partial charge in [0.05, 0.1) is 7.11 Å². The zero-order valence-electron chi connectivity index (χ0n) is 12.8. The van der Waals surface area contributed by atoms with Crippen LogP contribution in [-0.4, -0.2) is 18.5 Å². The Labute approximate surface area is 124 Å². The largest absolute Gasteiger partial charge is 0.469 e. The van der Waals surface area contributed by atoms with Crippen LogP contribution in [0.5, 0.6) is 0 Å². The summed E-state index contributed by atoms with van der Waals surface area (Å²) >= 11 is 6.08. The van der Waals surface area contributed by atoms with E-state index in [9.17, 15) is 4.79 Å². The van der Waals surface area contributed by atoms with Gasteiger partial charge in [-0.05, 0) is 19.3 Å². The van der Waals surface area contributed by atoms with Gasteiger partial charge in [-0.1, -0.05) is 58.3 Å². The van der Waals surface area contributed by atoms with Crippen molar-refractivity contribution < 1.29 is 9.53 Å². The Hall–Kier alpha value is -0.240. The predicted molar refractivity (Wildman–Crippen MR) is 82.7 cm³/mol. The van der Waals surface area contributed by atoms with E-state index in [0.29, 0.717) is 11.8 Å². The zero-order valence-corrected chi connectivity index (χ0v) is 13.5. The van der Waals surface area contributed by atoms with Crippen LogP contribution < -0.4 is 0 Å². The molecular weight excluding hydrogens is 260 g/mol. The Kier molecular flexibility index (Phi) is 14.0. The molecule has 3 heteroatoms. The molecule has 1 unspecified atom stereocenters. The first-order valence-corrected chi connectivity index (χ1v) is 8.35. The van der Waals surface area contributed by atoms with Gasteiger partial charge in [-0.2, -0.15) is 0 Å². The molecule has 0 aliphatic rings. The number of hydrogen-bond acceptors (Lipinski definition) is 2. The number of carbonyl (C=O) groups excluding carboxylic acids is 1. The van der Waals surface area contributed by atoms with Gasteiger partial charge in [0.2, 0.25) is 0 Å². The lowest BCUT2D eigenvalue weighted by Gasteiger charge is -2.05. The summed E-state index contributed by atoms with van der Waals surface area (Å²) in [6, 6.07) is 0. The maximum atomic E-state index is 10.9. The Morgan fingerprint density at radius 2 is 1.42 bits per heavy atom. The van der Waals surface area contributed by atoms with Crippen LogP contribution in [-0.2, 0) is 9.53 Å². The van der Waals surface area contributed by atoms with Crippen LogP contribution in [0.1, 0.15) is 84.0 Å². The molecule has 0 N–H and O–H groups in total. The summed E-state index contributed by atoms with van der Waals surface area (Å²) in [4.78, 5) is 10.9. The topological polar surface area (TPSA) is 26.3 Å². The zero-order chi connectivity index (χ0) is 14.3. The fraction of sp³-hybridized carbons (Fsp3) is 0.938. The van der Waals surface area contributed by atoms with Gasteiger partial charge >= 0.3 is 5.97 Å². The minimum Gasteiger partial charge on any atom is -0.469 e. The summed E-state index contributed by atoms with van der Waals surface area (Å²) in [7, 11) is 1.45. The average molecular weight is 291 g/mol. The van der Waals surface area contributed by atoms with Gasteiger partial charge in [-0.3, -0.25) is 4.79 Å². The fourth-order valence-corrected chi connectivity index (χ4v) is 2.33. The Morgan fingerprint density at radius 1 is 0.947 bits per heavy atom. The third-order valence-corrected chi connectivity index (χ3v) is 4.10. The van der Waals surface area contributed by atoms with Crippen LogP contribution in [0.25, 0.3) is 0 Å². The van der Waals surface area contributed by atoms with Crippen molar-refractivity contribution in [3.05, 3.63) is 0 Å². The molecule has 0 aromatic heterocycles. The van der Waals surface area contributed by atoms with E-state index in [1.165, 1.54) is 58.5 Å². The predicted octanol–water partition coefficient (Wildman–Crippen LogP) is 5.47. The third-order valence-electron chi connectivity index (χ3n) is 3.57. The second-order valence-corrected chi connectivity index (χ2v) is 5.92. The molecule has 19 heavy (non-hydrogen) atoms. The van der Waals surface area contributed by atoms with E-state index >= 15 is 0 Å². The number of hydrogen-bond donors (Lipinski definition) is 0. The van der Waals surface area contributed by atoms with Gasteiger partial charge in [0.1, 0.15) is 0 Å². The molecule has 0 aliphatic heterocycles. The van der Waals surface area contributed by atoms with Crippen LogP contribution in [0, 0.1) is 0 Å². The lowest BCUT2D eigenvalue weighted by Crippen LogP contribution is -1.99. The molecule has 0 spiro atoms. The van der Waals surface area contributed by atoms with Crippen molar-refractivity contribution >= 4 is 17.6 Å². The molecule has 0 saturated heterocycles. The van der Waals surface area contributed by atoms with E-state index in [1.54, 1.807) is 0 Å². The van der Waals surface area contributed by atoms with E-state index in [1.807, 2.05) is 0 Å². The Morgan fingerprint density at radius 3 is 1.89 bits per heavy atom. The molecule has 0 radical (unpaired) electrons. The lowest BCUT2D eigenvalue weighted by atomic mass is 10.0. The summed E-state index contributed by atoms with van der Waals surface area (Å²) in [5.41, 5.74) is 0. The maximum Gasteiger partial charge on any atom is 0.305 e. The second kappa shape index (κ2) is 14.2. The van der Waals surface area contributed by atoms with Crippen molar-refractivity contribution in [2.24, 2.45) is 0 Å². The van der Waals surface area contributed by atoms with Gasteiger partial charge in [0.25, 0.3) is 0 Å². The quantitative estimate of drug-likeness (QED) is 0.255. The molecule has 0 saturated carbocycles. The summed E-state index contributed by atoms with van der Waals surface area (Å²) in [6.45, 7) is 2.15. The number of carbonyl (C=O) groups is 1. The maximum absolute atomic E-state index is 10.9. The normalized spacial score (nSPS) is 12.4. The van der Waals surface area contributed by atoms with E-state index in [2.05, 4.69) is 11.7 Å². The first kappa shape index (κ1) is 18.8. The molecule has 0 fully saturated rings. The van der Waals surface area contributed by atoms with Crippen molar-refractivity contribution in [2.45, 2.75) is 89.4 Å². The highest BCUT2D eigenvalue weighted by molar-refractivity contribution is 6.20. The van der Waals surface area contributed by atoms with Gasteiger partial charge in [0, 0.05) is 11.8 Å². The van der Waals surface area contributed by atoms with Gasteiger partial charge in [0.15, 0.2) is 0 Å². The first-order valence-electron chi connectivity index (χ1n) is 7.91. The van der Waals surface area contributed by atoms with Crippen molar-refractivity contribution in [2.75, 3.05) is 7.11 Å². The van der Waals surface area contributed by atoms with Crippen LogP contribution in [0.4, 0.5) is 0 Å². The molecule has 0 aromatic carbocycles. The smallest absolute Gasteiger partial charge is 0.305 e. The first-order chi connectivity index (χ1) is 9.20. The molecular formula is C16H31ClO2. The van der Waals surface area contributed by atoms with E-state index < -0.39 is 0 Å². The van der Waals surface area contributed by atoms with Gasteiger partial charge in [-0.25, -0.2) is 0 Å². The average Bonchev–Trinajstić information content (AvgIpc) is 2.43. The van der Waals surface area contributed by atoms with Crippen molar-refractivity contribution in [3.8, 4) is 0 Å². The molecule has 0 aliphatic carbocycles. The van der Waals surface area contributed by atoms with Crippen molar-refractivity contribution in [1.82, 2.24) is 0 Å². The molecule has 0 heterocycles. The van der Waals surface area contributed by atoms with Crippen molar-refractivity contribution in [1.29, 1.82) is 0 Å². The van der Waals surface area contributed by atoms with Gasteiger partial charge in [-0.15, -0.1) is 11.6 Å². The number of rotatable bonds is 13. The second-order valence-electron chi connectivity index (χ2n) is 5.30. The fourth-order valence-electron chi connectivity index (χ4n) is 2.18. The van der Waals surface area contributed by atoms with E-state index in [4.69, 9.17) is 11.6 Å². The van der Waals surface area contributed by atoms with Crippen LogP contribution in [0.3, 0.4) is 0 Å². The SMILES string of the molecule is CCC(Cl)CCCCCCCCCCCC(=O)OC. The summed E-state index contributed by atoms with van der Waals surface area (Å²) in [5.74, 6) is -0.0790. The van der Waals surface area contributed by atoms with Crippen LogP contribution in [0.2, 0.25) is 0 Å². The monoisotopic (exact) mass is 290 g/mol. The highest BCUT2D eigenvalue weighted by Gasteiger charge is 2.01. The van der Waals surface area contributed by atoms with E-state index in [-0.39, 0.29) is 5.97 Å². The lowest BCUT2D eigenvalue weighted by molar-refractivity contribution is -0.140. The highest BCUT2D eigenvalue weighted by atomic mass is 35.5. The number of unbranched alkanes of at least 4 members (excludes halogenated alkanes) is 8. The van der Waals surface area contributed by atoms with Crippen molar-refractivity contribution in [3.63, 3.8) is 0 Å². The molecule has 0 amide bonds. The molecule has 2 nitrogen and oxygen atoms in total. The van der Waals surface area contributed by atoms with Crippen LogP contribution >= 0.6 is 11.6 Å². The molecule has 0 rings (SSSR count). The number of ether oxygens (including phenoxy) is 1.